The van der Waals surface area contributed by atoms with Crippen LogP contribution in [0.3, 0.4) is 0 Å². The number of hydrogen-bond donors (Lipinski definition) is 2. The molecule has 2 atom stereocenters. The van der Waals surface area contributed by atoms with E-state index in [-0.39, 0.29) is 29.1 Å². The number of ether oxygens (including phenoxy) is 1. The van der Waals surface area contributed by atoms with Gasteiger partial charge in [0, 0.05) is 18.0 Å². The van der Waals surface area contributed by atoms with E-state index in [1.165, 1.54) is 18.2 Å². The van der Waals surface area contributed by atoms with Crippen LogP contribution in [0.1, 0.15) is 24.2 Å². The summed E-state index contributed by atoms with van der Waals surface area (Å²) in [6.45, 7) is 2.96. The van der Waals surface area contributed by atoms with E-state index in [0.717, 1.165) is 5.56 Å². The summed E-state index contributed by atoms with van der Waals surface area (Å²) in [5.41, 5.74) is 1.22. The molecule has 2 aromatic carbocycles. The van der Waals surface area contributed by atoms with E-state index in [1.807, 2.05) is 6.92 Å². The molecule has 2 aromatic rings. The van der Waals surface area contributed by atoms with Crippen molar-refractivity contribution in [2.75, 3.05) is 19.7 Å². The van der Waals surface area contributed by atoms with Gasteiger partial charge in [-0.2, -0.15) is 0 Å². The average Bonchev–Trinajstić information content (AvgIpc) is 2.64. The van der Waals surface area contributed by atoms with Gasteiger partial charge in [-0.15, -0.1) is 0 Å². The number of carbonyl (C=O) groups excluding carboxylic acids is 1. The molecular weight excluding hydrogens is 337 g/mol. The molecule has 0 aliphatic carbocycles. The summed E-state index contributed by atoms with van der Waals surface area (Å²) in [7, 11) is 0. The first kappa shape index (κ1) is 18.2. The molecule has 138 valence electrons. The predicted molar refractivity (Wildman–Crippen MR) is 94.3 cm³/mol. The molecule has 1 saturated heterocycles. The topological polar surface area (TPSA) is 70.0 Å². The molecule has 26 heavy (non-hydrogen) atoms. The first-order valence-corrected chi connectivity index (χ1v) is 8.61. The molecule has 3 rings (SSSR count). The fraction of sp³-hybridized carbons (Fsp3) is 0.350. The fourth-order valence-corrected chi connectivity index (χ4v) is 3.22. The summed E-state index contributed by atoms with van der Waals surface area (Å²) in [6.07, 6.45) is -0.0344. The van der Waals surface area contributed by atoms with E-state index >= 15 is 0 Å². The largest absolute Gasteiger partial charge is 0.504 e. The van der Waals surface area contributed by atoms with Gasteiger partial charge in [0.15, 0.2) is 11.5 Å². The third-order valence-corrected chi connectivity index (χ3v) is 4.63. The van der Waals surface area contributed by atoms with Gasteiger partial charge in [-0.3, -0.25) is 4.79 Å². The van der Waals surface area contributed by atoms with E-state index in [2.05, 4.69) is 0 Å². The Balaban J connectivity index is 1.66. The zero-order chi connectivity index (χ0) is 18.7. The number of halogens is 1. The van der Waals surface area contributed by atoms with Gasteiger partial charge in [0.1, 0.15) is 11.9 Å². The lowest BCUT2D eigenvalue weighted by Gasteiger charge is -2.34. The summed E-state index contributed by atoms with van der Waals surface area (Å²) in [5, 5.41) is 19.0. The number of morpholine rings is 1. The number of rotatable bonds is 4. The zero-order valence-corrected chi connectivity index (χ0v) is 14.6. The number of hydrogen-bond acceptors (Lipinski definition) is 4. The van der Waals surface area contributed by atoms with Crippen LogP contribution in [-0.2, 0) is 16.0 Å². The summed E-state index contributed by atoms with van der Waals surface area (Å²) in [4.78, 5) is 14.5. The van der Waals surface area contributed by atoms with Crippen LogP contribution in [0.5, 0.6) is 11.5 Å². The highest BCUT2D eigenvalue weighted by Gasteiger charge is 2.29. The molecule has 0 radical (unpaired) electrons. The number of benzene rings is 2. The maximum absolute atomic E-state index is 14.0. The van der Waals surface area contributed by atoms with Crippen LogP contribution in [0.2, 0.25) is 0 Å². The van der Waals surface area contributed by atoms with Crippen molar-refractivity contribution in [3.05, 3.63) is 59.4 Å². The van der Waals surface area contributed by atoms with E-state index in [9.17, 15) is 19.4 Å². The number of phenols is 2. The first-order valence-electron chi connectivity index (χ1n) is 8.61. The predicted octanol–water partition coefficient (Wildman–Crippen LogP) is 3.02. The molecule has 0 unspecified atom stereocenters. The SMILES string of the molecule is C[C@H](Cc1ccc(O)c(O)c1)C(=O)N1CCO[C@@H](c2ccccc2F)C1. The van der Waals surface area contributed by atoms with E-state index in [1.54, 1.807) is 29.2 Å². The molecule has 0 aromatic heterocycles. The van der Waals surface area contributed by atoms with Gasteiger partial charge >= 0.3 is 0 Å². The number of amides is 1. The molecule has 1 heterocycles. The molecule has 1 amide bonds. The van der Waals surface area contributed by atoms with Crippen molar-refractivity contribution in [1.82, 2.24) is 4.90 Å². The Kier molecular flexibility index (Phi) is 5.42. The van der Waals surface area contributed by atoms with Crippen molar-refractivity contribution in [3.8, 4) is 11.5 Å². The van der Waals surface area contributed by atoms with Crippen LogP contribution >= 0.6 is 0 Å². The van der Waals surface area contributed by atoms with Crippen molar-refractivity contribution in [2.24, 2.45) is 5.92 Å². The zero-order valence-electron chi connectivity index (χ0n) is 14.6. The summed E-state index contributed by atoms with van der Waals surface area (Å²) >= 11 is 0. The Morgan fingerprint density at radius 1 is 1.27 bits per heavy atom. The minimum absolute atomic E-state index is 0.0396. The smallest absolute Gasteiger partial charge is 0.225 e. The second-order valence-corrected chi connectivity index (χ2v) is 6.59. The molecule has 6 heteroatoms. The molecule has 2 N–H and O–H groups in total. The Labute approximate surface area is 151 Å². The number of aromatic hydroxyl groups is 2. The van der Waals surface area contributed by atoms with Crippen molar-refractivity contribution in [2.45, 2.75) is 19.4 Å². The van der Waals surface area contributed by atoms with Crippen LogP contribution in [0, 0.1) is 11.7 Å². The van der Waals surface area contributed by atoms with E-state index in [0.29, 0.717) is 31.7 Å². The summed E-state index contributed by atoms with van der Waals surface area (Å²) in [5.74, 6) is -1.07. The molecule has 0 bridgehead atoms. The second kappa shape index (κ2) is 7.74. The minimum atomic E-state index is -0.473. The molecule has 1 aliphatic heterocycles. The van der Waals surface area contributed by atoms with Crippen LogP contribution in [0.4, 0.5) is 4.39 Å². The number of carbonyl (C=O) groups is 1. The summed E-state index contributed by atoms with van der Waals surface area (Å²) < 4.78 is 19.6. The van der Waals surface area contributed by atoms with Gasteiger partial charge in [0.05, 0.1) is 13.2 Å². The van der Waals surface area contributed by atoms with Gasteiger partial charge in [-0.1, -0.05) is 31.2 Å². The maximum atomic E-state index is 14.0. The molecular formula is C20H22FNO4. The van der Waals surface area contributed by atoms with E-state index < -0.39 is 6.10 Å². The Morgan fingerprint density at radius 3 is 2.77 bits per heavy atom. The van der Waals surface area contributed by atoms with Crippen LogP contribution < -0.4 is 0 Å². The second-order valence-electron chi connectivity index (χ2n) is 6.59. The maximum Gasteiger partial charge on any atom is 0.225 e. The molecule has 1 aliphatic rings. The molecule has 1 fully saturated rings. The lowest BCUT2D eigenvalue weighted by atomic mass is 9.98. The molecule has 0 spiro atoms. The van der Waals surface area contributed by atoms with Crippen LogP contribution in [0.15, 0.2) is 42.5 Å². The standard InChI is InChI=1S/C20H22FNO4/c1-13(10-14-6-7-17(23)18(24)11-14)20(25)22-8-9-26-19(12-22)15-4-2-3-5-16(15)21/h2-7,11,13,19,23-24H,8-10,12H2,1H3/t13-,19-/m1/s1. The number of nitrogens with zero attached hydrogens (tertiary/aromatic N) is 1. The van der Waals surface area contributed by atoms with Gasteiger partial charge in [0.2, 0.25) is 5.91 Å². The Morgan fingerprint density at radius 2 is 2.04 bits per heavy atom. The van der Waals surface area contributed by atoms with Gasteiger partial charge in [-0.25, -0.2) is 4.39 Å². The number of phenolic OH excluding ortho intramolecular Hbond substituents is 2. The lowest BCUT2D eigenvalue weighted by molar-refractivity contribution is -0.142. The van der Waals surface area contributed by atoms with Crippen LogP contribution in [-0.4, -0.2) is 40.7 Å². The molecule has 0 saturated carbocycles. The van der Waals surface area contributed by atoms with Crippen molar-refractivity contribution in [1.29, 1.82) is 0 Å². The van der Waals surface area contributed by atoms with Gasteiger partial charge < -0.3 is 19.8 Å². The van der Waals surface area contributed by atoms with Crippen molar-refractivity contribution >= 4 is 5.91 Å². The van der Waals surface area contributed by atoms with E-state index in [4.69, 9.17) is 4.74 Å². The third-order valence-electron chi connectivity index (χ3n) is 4.63. The molecule has 5 nitrogen and oxygen atoms in total. The van der Waals surface area contributed by atoms with Crippen molar-refractivity contribution in [3.63, 3.8) is 0 Å². The monoisotopic (exact) mass is 359 g/mol. The lowest BCUT2D eigenvalue weighted by Crippen LogP contribution is -2.45. The minimum Gasteiger partial charge on any atom is -0.504 e. The highest BCUT2D eigenvalue weighted by molar-refractivity contribution is 5.79. The Bertz CT molecular complexity index is 795. The van der Waals surface area contributed by atoms with Crippen LogP contribution in [0.25, 0.3) is 0 Å². The highest BCUT2D eigenvalue weighted by atomic mass is 19.1. The highest BCUT2D eigenvalue weighted by Crippen LogP contribution is 2.28. The average molecular weight is 359 g/mol. The summed E-state index contributed by atoms with van der Waals surface area (Å²) in [6, 6.07) is 11.0. The first-order chi connectivity index (χ1) is 12.5. The van der Waals surface area contributed by atoms with Gasteiger partial charge in [0.25, 0.3) is 0 Å². The fourth-order valence-electron chi connectivity index (χ4n) is 3.22. The third kappa shape index (κ3) is 3.96. The van der Waals surface area contributed by atoms with Gasteiger partial charge in [-0.05, 0) is 30.2 Å². The Hall–Kier alpha value is -2.60. The quantitative estimate of drug-likeness (QED) is 0.824. The van der Waals surface area contributed by atoms with Crippen molar-refractivity contribution < 1.29 is 24.1 Å². The normalized spacial score (nSPS) is 18.5.